The van der Waals surface area contributed by atoms with E-state index in [1.165, 1.54) is 11.3 Å². The number of nitrogen functional groups attached to an aromatic ring is 1. The molecular formula is C12H18N2S. The Morgan fingerprint density at radius 2 is 2.20 bits per heavy atom. The maximum Gasteiger partial charge on any atom is 0.180 e. The molecule has 0 aromatic carbocycles. The number of hydrogen-bond acceptors (Lipinski definition) is 3. The fraction of sp³-hybridized carbons (Fsp3) is 0.250. The van der Waals surface area contributed by atoms with Crippen molar-refractivity contribution < 1.29 is 0 Å². The molecule has 0 bridgehead atoms. The highest BCUT2D eigenvalue weighted by molar-refractivity contribution is 7.13. The molecule has 0 aliphatic carbocycles. The second-order valence-electron chi connectivity index (χ2n) is 2.41. The van der Waals surface area contributed by atoms with Crippen LogP contribution in [0.25, 0.3) is 5.57 Å². The first-order valence-electron chi connectivity index (χ1n) is 4.94. The van der Waals surface area contributed by atoms with E-state index < -0.39 is 0 Å². The van der Waals surface area contributed by atoms with Gasteiger partial charge in [0.25, 0.3) is 0 Å². The van der Waals surface area contributed by atoms with E-state index in [1.54, 1.807) is 6.08 Å². The van der Waals surface area contributed by atoms with E-state index in [2.05, 4.69) is 11.6 Å². The first-order chi connectivity index (χ1) is 7.27. The predicted molar refractivity (Wildman–Crippen MR) is 70.9 cm³/mol. The van der Waals surface area contributed by atoms with Crippen LogP contribution < -0.4 is 5.73 Å². The molecule has 1 aromatic rings. The van der Waals surface area contributed by atoms with Crippen molar-refractivity contribution in [3.8, 4) is 0 Å². The van der Waals surface area contributed by atoms with Crippen LogP contribution in [-0.2, 0) is 0 Å². The molecule has 0 aliphatic heterocycles. The summed E-state index contributed by atoms with van der Waals surface area (Å²) in [5.74, 6) is 0. The normalized spacial score (nSPS) is 11.0. The lowest BCUT2D eigenvalue weighted by atomic mass is 10.2. The molecule has 0 amide bonds. The van der Waals surface area contributed by atoms with Crippen molar-refractivity contribution in [3.63, 3.8) is 0 Å². The minimum atomic E-state index is 0.598. The monoisotopic (exact) mass is 222 g/mol. The number of allylic oxidation sites excluding steroid dienone is 5. The van der Waals surface area contributed by atoms with Crippen LogP contribution in [-0.4, -0.2) is 4.98 Å². The van der Waals surface area contributed by atoms with Gasteiger partial charge in [0.15, 0.2) is 5.13 Å². The number of aromatic nitrogens is 1. The second-order valence-corrected chi connectivity index (χ2v) is 3.30. The number of nitrogens with two attached hydrogens (primary N) is 1. The van der Waals surface area contributed by atoms with E-state index in [4.69, 9.17) is 5.73 Å². The molecule has 1 rings (SSSR count). The van der Waals surface area contributed by atoms with Crippen LogP contribution >= 0.6 is 11.3 Å². The second kappa shape index (κ2) is 8.00. The van der Waals surface area contributed by atoms with Gasteiger partial charge in [0.05, 0.1) is 5.69 Å². The third-order valence-corrected chi connectivity index (χ3v) is 2.21. The van der Waals surface area contributed by atoms with Crippen LogP contribution in [0.5, 0.6) is 0 Å². The number of anilines is 1. The van der Waals surface area contributed by atoms with Crippen LogP contribution in [0.3, 0.4) is 0 Å². The zero-order valence-corrected chi connectivity index (χ0v) is 10.3. The van der Waals surface area contributed by atoms with E-state index in [1.807, 2.05) is 44.4 Å². The molecule has 0 unspecified atom stereocenters. The van der Waals surface area contributed by atoms with Crippen molar-refractivity contribution in [1.29, 1.82) is 0 Å². The Bertz CT molecular complexity index is 348. The van der Waals surface area contributed by atoms with Gasteiger partial charge >= 0.3 is 0 Å². The predicted octanol–water partition coefficient (Wildman–Crippen LogP) is 3.90. The van der Waals surface area contributed by atoms with Gasteiger partial charge in [0, 0.05) is 5.38 Å². The lowest BCUT2D eigenvalue weighted by Crippen LogP contribution is -1.84. The summed E-state index contributed by atoms with van der Waals surface area (Å²) in [4.78, 5) is 4.18. The van der Waals surface area contributed by atoms with E-state index >= 15 is 0 Å². The van der Waals surface area contributed by atoms with Crippen molar-refractivity contribution in [2.45, 2.75) is 20.8 Å². The molecule has 0 radical (unpaired) electrons. The fourth-order valence-electron chi connectivity index (χ4n) is 0.921. The van der Waals surface area contributed by atoms with Gasteiger partial charge < -0.3 is 5.73 Å². The Labute approximate surface area is 95.9 Å². The molecule has 1 heterocycles. The molecule has 3 heteroatoms. The van der Waals surface area contributed by atoms with E-state index in [0.717, 1.165) is 11.3 Å². The van der Waals surface area contributed by atoms with Gasteiger partial charge in [0.2, 0.25) is 0 Å². The van der Waals surface area contributed by atoms with Gasteiger partial charge in [-0.25, -0.2) is 4.98 Å². The Morgan fingerprint density at radius 1 is 1.53 bits per heavy atom. The van der Waals surface area contributed by atoms with Crippen LogP contribution in [0.1, 0.15) is 26.5 Å². The van der Waals surface area contributed by atoms with Crippen molar-refractivity contribution in [2.24, 2.45) is 0 Å². The molecular weight excluding hydrogens is 204 g/mol. The maximum atomic E-state index is 5.54. The summed E-state index contributed by atoms with van der Waals surface area (Å²) in [5.41, 5.74) is 7.52. The van der Waals surface area contributed by atoms with Gasteiger partial charge in [-0.05, 0) is 12.5 Å². The van der Waals surface area contributed by atoms with Gasteiger partial charge in [0.1, 0.15) is 0 Å². The minimum absolute atomic E-state index is 0.598. The Kier molecular flexibility index (Phi) is 7.28. The molecule has 0 saturated carbocycles. The SMILES string of the molecule is C=C/C=C\C(=C/C)c1csc(N)n1.CC. The first-order valence-corrected chi connectivity index (χ1v) is 5.82. The third-order valence-electron chi connectivity index (χ3n) is 1.54. The zero-order valence-electron chi connectivity index (χ0n) is 9.53. The van der Waals surface area contributed by atoms with Crippen LogP contribution in [0.2, 0.25) is 0 Å². The third kappa shape index (κ3) is 4.61. The molecule has 1 aromatic heterocycles. The summed E-state index contributed by atoms with van der Waals surface area (Å²) in [6.45, 7) is 9.58. The zero-order chi connectivity index (χ0) is 11.7. The highest BCUT2D eigenvalue weighted by atomic mass is 32.1. The molecule has 0 saturated heterocycles. The number of thiazole rings is 1. The quantitative estimate of drug-likeness (QED) is 0.788. The van der Waals surface area contributed by atoms with E-state index in [0.29, 0.717) is 5.13 Å². The summed E-state index contributed by atoms with van der Waals surface area (Å²) >= 11 is 1.45. The molecule has 0 spiro atoms. The number of hydrogen-bond donors (Lipinski definition) is 1. The van der Waals surface area contributed by atoms with Gasteiger partial charge in [-0.3, -0.25) is 0 Å². The van der Waals surface area contributed by atoms with Crippen molar-refractivity contribution in [2.75, 3.05) is 5.73 Å². The average molecular weight is 222 g/mol. The molecule has 2 N–H and O–H groups in total. The van der Waals surface area contributed by atoms with E-state index in [9.17, 15) is 0 Å². The highest BCUT2D eigenvalue weighted by Crippen LogP contribution is 2.19. The Morgan fingerprint density at radius 3 is 2.60 bits per heavy atom. The summed E-state index contributed by atoms with van der Waals surface area (Å²) in [5, 5.41) is 2.54. The van der Waals surface area contributed by atoms with Crippen molar-refractivity contribution in [1.82, 2.24) is 4.98 Å². The van der Waals surface area contributed by atoms with Crippen LogP contribution in [0.15, 0.2) is 36.3 Å². The topological polar surface area (TPSA) is 38.9 Å². The first kappa shape index (κ1) is 13.7. The summed E-state index contributed by atoms with van der Waals surface area (Å²) < 4.78 is 0. The molecule has 0 aliphatic rings. The van der Waals surface area contributed by atoms with Crippen molar-refractivity contribution in [3.05, 3.63) is 42.0 Å². The highest BCUT2D eigenvalue weighted by Gasteiger charge is 2.00. The summed E-state index contributed by atoms with van der Waals surface area (Å²) in [7, 11) is 0. The molecule has 0 atom stereocenters. The molecule has 0 fully saturated rings. The number of nitrogens with zero attached hydrogens (tertiary/aromatic N) is 1. The minimum Gasteiger partial charge on any atom is -0.375 e. The average Bonchev–Trinajstić information content (AvgIpc) is 2.69. The molecule has 82 valence electrons. The van der Waals surface area contributed by atoms with Crippen LogP contribution in [0.4, 0.5) is 5.13 Å². The molecule has 2 nitrogen and oxygen atoms in total. The van der Waals surface area contributed by atoms with Gasteiger partial charge in [-0.1, -0.05) is 44.7 Å². The van der Waals surface area contributed by atoms with Crippen LogP contribution in [0, 0.1) is 0 Å². The number of rotatable bonds is 3. The standard InChI is InChI=1S/C10H12N2S.C2H6/c1-3-5-6-8(4-2)9-7-13-10(11)12-9;1-2/h3-7H,1H2,2H3,(H2,11,12);1-2H3/b6-5-,8-4+;. The summed E-state index contributed by atoms with van der Waals surface area (Å²) in [6, 6.07) is 0. The Balaban J connectivity index is 0.000000921. The largest absolute Gasteiger partial charge is 0.375 e. The Hall–Kier alpha value is -1.35. The smallest absolute Gasteiger partial charge is 0.180 e. The fourth-order valence-corrected chi connectivity index (χ4v) is 1.49. The lowest BCUT2D eigenvalue weighted by Gasteiger charge is -1.93. The van der Waals surface area contributed by atoms with Gasteiger partial charge in [-0.15, -0.1) is 11.3 Å². The van der Waals surface area contributed by atoms with Gasteiger partial charge in [-0.2, -0.15) is 0 Å². The maximum absolute atomic E-state index is 5.54. The van der Waals surface area contributed by atoms with Crippen molar-refractivity contribution >= 4 is 22.0 Å². The van der Waals surface area contributed by atoms with E-state index in [-0.39, 0.29) is 0 Å². The lowest BCUT2D eigenvalue weighted by molar-refractivity contribution is 1.36. The molecule has 15 heavy (non-hydrogen) atoms. The summed E-state index contributed by atoms with van der Waals surface area (Å²) in [6.07, 6.45) is 7.57.